The van der Waals surface area contributed by atoms with Crippen molar-refractivity contribution in [3.8, 4) is 0 Å². The van der Waals surface area contributed by atoms with Crippen molar-refractivity contribution < 1.29 is 4.92 Å². The number of benzene rings is 1. The molecule has 0 atom stereocenters. The van der Waals surface area contributed by atoms with Crippen molar-refractivity contribution in [2.24, 2.45) is 0 Å². The van der Waals surface area contributed by atoms with E-state index in [1.165, 1.54) is 0 Å². The molecule has 0 spiro atoms. The van der Waals surface area contributed by atoms with Gasteiger partial charge >= 0.3 is 11.1 Å². The first-order valence-corrected chi connectivity index (χ1v) is 4.19. The monoisotopic (exact) mass is 222 g/mol. The van der Waals surface area contributed by atoms with Gasteiger partial charge in [-0.25, -0.2) is 0 Å². The molecule has 8 heteroatoms. The summed E-state index contributed by atoms with van der Waals surface area (Å²) in [5.41, 5.74) is 3.85. The molecule has 0 saturated heterocycles. The van der Waals surface area contributed by atoms with Gasteiger partial charge in [-0.15, -0.1) is 0 Å². The van der Waals surface area contributed by atoms with E-state index in [9.17, 15) is 19.7 Å². The van der Waals surface area contributed by atoms with Gasteiger partial charge in [-0.3, -0.25) is 19.7 Å². The number of nitrogens with one attached hydrogen (secondary N) is 2. The summed E-state index contributed by atoms with van der Waals surface area (Å²) in [6.07, 6.45) is 0. The molecule has 1 heterocycles. The first kappa shape index (κ1) is 9.90. The lowest BCUT2D eigenvalue weighted by molar-refractivity contribution is -0.384. The van der Waals surface area contributed by atoms with Gasteiger partial charge in [-0.05, 0) is 0 Å². The number of nitro groups is 1. The van der Waals surface area contributed by atoms with Crippen LogP contribution in [0.3, 0.4) is 0 Å². The van der Waals surface area contributed by atoms with E-state index in [2.05, 4.69) is 9.97 Å². The molecule has 16 heavy (non-hydrogen) atoms. The zero-order chi connectivity index (χ0) is 11.9. The molecule has 0 aliphatic carbocycles. The predicted octanol–water partition coefficient (Wildman–Crippen LogP) is -0.293. The number of hydrogen-bond acceptors (Lipinski definition) is 5. The average molecular weight is 222 g/mol. The Bertz CT molecular complexity index is 699. The van der Waals surface area contributed by atoms with Crippen LogP contribution < -0.4 is 16.9 Å². The van der Waals surface area contributed by atoms with Gasteiger partial charge in [0.05, 0.1) is 21.6 Å². The van der Waals surface area contributed by atoms with Gasteiger partial charge in [-0.1, -0.05) is 0 Å². The largest absolute Gasteiger partial charge is 0.397 e. The molecule has 0 aliphatic rings. The van der Waals surface area contributed by atoms with Crippen molar-refractivity contribution in [1.29, 1.82) is 0 Å². The van der Waals surface area contributed by atoms with Crippen molar-refractivity contribution >= 4 is 22.4 Å². The van der Waals surface area contributed by atoms with E-state index < -0.39 is 16.0 Å². The third kappa shape index (κ3) is 1.41. The van der Waals surface area contributed by atoms with Crippen LogP contribution in [0, 0.1) is 10.1 Å². The zero-order valence-corrected chi connectivity index (χ0v) is 7.81. The summed E-state index contributed by atoms with van der Waals surface area (Å²) in [6, 6.07) is 2.24. The van der Waals surface area contributed by atoms with Gasteiger partial charge in [0.25, 0.3) is 5.69 Å². The zero-order valence-electron chi connectivity index (χ0n) is 7.81. The molecule has 0 aliphatic heterocycles. The Kier molecular flexibility index (Phi) is 1.97. The number of hydrogen-bond donors (Lipinski definition) is 3. The van der Waals surface area contributed by atoms with E-state index in [1.807, 2.05) is 0 Å². The van der Waals surface area contributed by atoms with Crippen LogP contribution in [0.15, 0.2) is 21.7 Å². The van der Waals surface area contributed by atoms with Gasteiger partial charge in [0.1, 0.15) is 0 Å². The highest BCUT2D eigenvalue weighted by atomic mass is 16.6. The summed E-state index contributed by atoms with van der Waals surface area (Å²) in [5, 5.41) is 10.5. The van der Waals surface area contributed by atoms with E-state index in [-0.39, 0.29) is 22.4 Å². The second kappa shape index (κ2) is 3.19. The molecule has 4 N–H and O–H groups in total. The average Bonchev–Trinajstić information content (AvgIpc) is 2.20. The SMILES string of the molecule is Nc1cc([N+](=O)[O-])cc2[nH]c(=O)c(=O)[nH]c12. The summed E-state index contributed by atoms with van der Waals surface area (Å²) >= 11 is 0. The molecule has 82 valence electrons. The third-order valence-corrected chi connectivity index (χ3v) is 2.06. The number of aromatic nitrogens is 2. The summed E-state index contributed by atoms with van der Waals surface area (Å²) in [4.78, 5) is 36.4. The molecule has 0 fully saturated rings. The molecule has 0 unspecified atom stereocenters. The molecule has 2 rings (SSSR count). The number of nitrogens with two attached hydrogens (primary N) is 1. The number of H-pyrrole nitrogens is 2. The first-order valence-electron chi connectivity index (χ1n) is 4.19. The highest BCUT2D eigenvalue weighted by molar-refractivity contribution is 5.88. The Labute approximate surface area is 86.9 Å². The Hall–Kier alpha value is -2.64. The number of nitro benzene ring substituents is 1. The van der Waals surface area contributed by atoms with Crippen LogP contribution in [-0.4, -0.2) is 14.9 Å². The van der Waals surface area contributed by atoms with Gasteiger partial charge in [0.2, 0.25) is 0 Å². The van der Waals surface area contributed by atoms with Gasteiger partial charge in [-0.2, -0.15) is 0 Å². The van der Waals surface area contributed by atoms with Crippen LogP contribution in [0.4, 0.5) is 11.4 Å². The molecule has 0 saturated carbocycles. The van der Waals surface area contributed by atoms with Gasteiger partial charge < -0.3 is 15.7 Å². The molecule has 8 nitrogen and oxygen atoms in total. The molecule has 1 aromatic heterocycles. The smallest absolute Gasteiger partial charge is 0.314 e. The number of anilines is 1. The molecule has 0 radical (unpaired) electrons. The topological polar surface area (TPSA) is 135 Å². The Balaban J connectivity index is 2.93. The van der Waals surface area contributed by atoms with Crippen LogP contribution in [0.25, 0.3) is 11.0 Å². The lowest BCUT2D eigenvalue weighted by Crippen LogP contribution is -2.29. The second-order valence-electron chi connectivity index (χ2n) is 3.12. The van der Waals surface area contributed by atoms with Crippen LogP contribution in [0.2, 0.25) is 0 Å². The highest BCUT2D eigenvalue weighted by Crippen LogP contribution is 2.22. The molecular formula is C8H6N4O4. The normalized spacial score (nSPS) is 10.5. The van der Waals surface area contributed by atoms with E-state index in [4.69, 9.17) is 5.73 Å². The van der Waals surface area contributed by atoms with Crippen molar-refractivity contribution in [1.82, 2.24) is 9.97 Å². The number of nitrogens with zero attached hydrogens (tertiary/aromatic N) is 1. The third-order valence-electron chi connectivity index (χ3n) is 2.06. The van der Waals surface area contributed by atoms with Gasteiger partial charge in [0, 0.05) is 12.1 Å². The van der Waals surface area contributed by atoms with Crippen molar-refractivity contribution in [2.45, 2.75) is 0 Å². The summed E-state index contributed by atoms with van der Waals surface area (Å²) in [6.45, 7) is 0. The fourth-order valence-corrected chi connectivity index (χ4v) is 1.34. The van der Waals surface area contributed by atoms with E-state index in [1.54, 1.807) is 0 Å². The Morgan fingerprint density at radius 3 is 2.44 bits per heavy atom. The maximum Gasteiger partial charge on any atom is 0.314 e. The maximum absolute atomic E-state index is 11.0. The second-order valence-corrected chi connectivity index (χ2v) is 3.12. The number of rotatable bonds is 1. The first-order chi connectivity index (χ1) is 7.49. The quantitative estimate of drug-likeness (QED) is 0.263. The molecule has 0 bridgehead atoms. The Morgan fingerprint density at radius 2 is 1.81 bits per heavy atom. The summed E-state index contributed by atoms with van der Waals surface area (Å²) < 4.78 is 0. The molecular weight excluding hydrogens is 216 g/mol. The van der Waals surface area contributed by atoms with Crippen molar-refractivity contribution in [2.75, 3.05) is 5.73 Å². The summed E-state index contributed by atoms with van der Waals surface area (Å²) in [7, 11) is 0. The van der Waals surface area contributed by atoms with Crippen LogP contribution in [-0.2, 0) is 0 Å². The van der Waals surface area contributed by atoms with E-state index in [0.717, 1.165) is 12.1 Å². The van der Waals surface area contributed by atoms with E-state index in [0.29, 0.717) is 0 Å². The molecule has 1 aromatic carbocycles. The van der Waals surface area contributed by atoms with Crippen LogP contribution >= 0.6 is 0 Å². The van der Waals surface area contributed by atoms with E-state index >= 15 is 0 Å². The summed E-state index contributed by atoms with van der Waals surface area (Å²) in [5.74, 6) is 0. The highest BCUT2D eigenvalue weighted by Gasteiger charge is 2.11. The maximum atomic E-state index is 11.0. The number of fused-ring (bicyclic) bond motifs is 1. The lowest BCUT2D eigenvalue weighted by atomic mass is 10.2. The minimum atomic E-state index is -0.882. The Morgan fingerprint density at radius 1 is 1.19 bits per heavy atom. The fraction of sp³-hybridized carbons (Fsp3) is 0. The number of non-ortho nitro benzene ring substituents is 1. The van der Waals surface area contributed by atoms with Gasteiger partial charge in [0.15, 0.2) is 0 Å². The number of aromatic amines is 2. The van der Waals surface area contributed by atoms with Crippen molar-refractivity contribution in [3.05, 3.63) is 43.0 Å². The fourth-order valence-electron chi connectivity index (χ4n) is 1.34. The standard InChI is InChI=1S/C8H6N4O4/c9-4-1-3(12(15)16)2-5-6(4)11-8(14)7(13)10-5/h1-2H,9H2,(H,10,13)(H,11,14). The minimum Gasteiger partial charge on any atom is -0.397 e. The van der Waals surface area contributed by atoms with Crippen LogP contribution in [0.1, 0.15) is 0 Å². The predicted molar refractivity (Wildman–Crippen MR) is 56.3 cm³/mol. The van der Waals surface area contributed by atoms with Crippen LogP contribution in [0.5, 0.6) is 0 Å². The van der Waals surface area contributed by atoms with Crippen molar-refractivity contribution in [3.63, 3.8) is 0 Å². The lowest BCUT2D eigenvalue weighted by Gasteiger charge is -2.00. The molecule has 2 aromatic rings. The minimum absolute atomic E-state index is 0.0255. The number of nitrogen functional groups attached to an aromatic ring is 1. The molecule has 0 amide bonds.